The summed E-state index contributed by atoms with van der Waals surface area (Å²) in [5.41, 5.74) is 0.402. The molecule has 1 amide bonds. The van der Waals surface area contributed by atoms with Crippen molar-refractivity contribution >= 4 is 11.6 Å². The summed E-state index contributed by atoms with van der Waals surface area (Å²) in [4.78, 5) is 11.5. The highest BCUT2D eigenvalue weighted by molar-refractivity contribution is 5.93. The molecule has 0 bridgehead atoms. The number of aromatic hydroxyl groups is 1. The summed E-state index contributed by atoms with van der Waals surface area (Å²) in [5, 5.41) is 12.0. The molecule has 0 fully saturated rings. The molecule has 0 aliphatic heterocycles. The van der Waals surface area contributed by atoms with Crippen LogP contribution in [0.15, 0.2) is 47.1 Å². The number of furan rings is 1. The van der Waals surface area contributed by atoms with Gasteiger partial charge in [0, 0.05) is 0 Å². The molecule has 0 spiro atoms. The van der Waals surface area contributed by atoms with E-state index in [2.05, 4.69) is 5.32 Å². The molecule has 0 saturated carbocycles. The molecule has 2 rings (SSSR count). The van der Waals surface area contributed by atoms with Gasteiger partial charge in [-0.1, -0.05) is 12.1 Å². The maximum absolute atomic E-state index is 11.5. The van der Waals surface area contributed by atoms with Crippen molar-refractivity contribution in [2.24, 2.45) is 0 Å². The van der Waals surface area contributed by atoms with Gasteiger partial charge in [0.2, 0.25) is 5.91 Å². The Morgan fingerprint density at radius 2 is 2.06 bits per heavy atom. The van der Waals surface area contributed by atoms with E-state index in [1.165, 1.54) is 12.3 Å². The monoisotopic (exact) mass is 217 g/mol. The molecule has 4 nitrogen and oxygen atoms in total. The number of rotatable bonds is 3. The van der Waals surface area contributed by atoms with E-state index >= 15 is 0 Å². The van der Waals surface area contributed by atoms with Crippen molar-refractivity contribution in [3.05, 3.63) is 48.4 Å². The zero-order chi connectivity index (χ0) is 11.4. The van der Waals surface area contributed by atoms with Crippen LogP contribution in [0.1, 0.15) is 5.76 Å². The van der Waals surface area contributed by atoms with Crippen molar-refractivity contribution < 1.29 is 14.3 Å². The van der Waals surface area contributed by atoms with Crippen LogP contribution in [-0.4, -0.2) is 11.0 Å². The van der Waals surface area contributed by atoms with E-state index < -0.39 is 0 Å². The van der Waals surface area contributed by atoms with Crippen LogP contribution < -0.4 is 5.32 Å². The Hall–Kier alpha value is -2.23. The van der Waals surface area contributed by atoms with Gasteiger partial charge in [0.05, 0.1) is 18.4 Å². The molecule has 1 aromatic heterocycles. The minimum Gasteiger partial charge on any atom is -0.506 e. The molecule has 4 heteroatoms. The van der Waals surface area contributed by atoms with Crippen molar-refractivity contribution in [3.8, 4) is 5.75 Å². The lowest BCUT2D eigenvalue weighted by molar-refractivity contribution is -0.115. The van der Waals surface area contributed by atoms with Gasteiger partial charge >= 0.3 is 0 Å². The number of carbonyl (C=O) groups is 1. The number of phenolic OH excluding ortho intramolecular Hbond substituents is 1. The fraction of sp³-hybridized carbons (Fsp3) is 0.0833. The van der Waals surface area contributed by atoms with Crippen LogP contribution in [-0.2, 0) is 11.2 Å². The molecule has 16 heavy (non-hydrogen) atoms. The summed E-state index contributed by atoms with van der Waals surface area (Å²) in [6, 6.07) is 10.0. The van der Waals surface area contributed by atoms with E-state index in [0.29, 0.717) is 11.4 Å². The van der Waals surface area contributed by atoms with Crippen LogP contribution in [0.25, 0.3) is 0 Å². The van der Waals surface area contributed by atoms with Crippen LogP contribution in [0.3, 0.4) is 0 Å². The molecule has 0 saturated heterocycles. The average molecular weight is 217 g/mol. The number of carbonyl (C=O) groups excluding carboxylic acids is 1. The number of phenols is 1. The van der Waals surface area contributed by atoms with E-state index in [0.717, 1.165) is 0 Å². The molecular formula is C12H11NO3. The smallest absolute Gasteiger partial charge is 0.232 e. The van der Waals surface area contributed by atoms with E-state index in [9.17, 15) is 9.90 Å². The predicted molar refractivity (Wildman–Crippen MR) is 59.1 cm³/mol. The quantitative estimate of drug-likeness (QED) is 0.774. The van der Waals surface area contributed by atoms with Crippen molar-refractivity contribution in [1.82, 2.24) is 0 Å². The number of nitrogens with one attached hydrogen (secondary N) is 1. The maximum Gasteiger partial charge on any atom is 0.232 e. The second-order valence-corrected chi connectivity index (χ2v) is 3.32. The van der Waals surface area contributed by atoms with E-state index in [-0.39, 0.29) is 18.1 Å². The second kappa shape index (κ2) is 4.53. The lowest BCUT2D eigenvalue weighted by atomic mass is 10.2. The Labute approximate surface area is 92.5 Å². The minimum absolute atomic E-state index is 0.0512. The van der Waals surface area contributed by atoms with E-state index in [4.69, 9.17) is 4.42 Å². The predicted octanol–water partition coefficient (Wildman–Crippen LogP) is 2.17. The summed E-state index contributed by atoms with van der Waals surface area (Å²) in [7, 11) is 0. The van der Waals surface area contributed by atoms with Gasteiger partial charge in [-0.05, 0) is 24.3 Å². The van der Waals surface area contributed by atoms with Crippen LogP contribution >= 0.6 is 0 Å². The Bertz CT molecular complexity index is 477. The Kier molecular flexibility index (Phi) is 2.91. The first kappa shape index (κ1) is 10.3. The number of hydrogen-bond donors (Lipinski definition) is 2. The number of para-hydroxylation sites is 2. The Balaban J connectivity index is 2.00. The summed E-state index contributed by atoms with van der Waals surface area (Å²) in [6.07, 6.45) is 1.67. The Morgan fingerprint density at radius 1 is 1.25 bits per heavy atom. The third-order valence-corrected chi connectivity index (χ3v) is 2.09. The maximum atomic E-state index is 11.5. The van der Waals surface area contributed by atoms with Crippen molar-refractivity contribution in [2.45, 2.75) is 6.42 Å². The molecule has 0 aliphatic rings. The largest absolute Gasteiger partial charge is 0.506 e. The molecule has 0 radical (unpaired) electrons. The highest BCUT2D eigenvalue weighted by Crippen LogP contribution is 2.21. The van der Waals surface area contributed by atoms with Crippen LogP contribution in [0.5, 0.6) is 5.75 Å². The topological polar surface area (TPSA) is 62.5 Å². The van der Waals surface area contributed by atoms with Crippen molar-refractivity contribution in [2.75, 3.05) is 5.32 Å². The van der Waals surface area contributed by atoms with Gasteiger partial charge in [0.1, 0.15) is 11.5 Å². The lowest BCUT2D eigenvalue weighted by Gasteiger charge is -2.05. The average Bonchev–Trinajstić information content (AvgIpc) is 2.74. The van der Waals surface area contributed by atoms with Gasteiger partial charge in [0.15, 0.2) is 0 Å². The first-order chi connectivity index (χ1) is 7.75. The minimum atomic E-state index is -0.226. The van der Waals surface area contributed by atoms with Crippen molar-refractivity contribution in [1.29, 1.82) is 0 Å². The van der Waals surface area contributed by atoms with Gasteiger partial charge in [-0.3, -0.25) is 4.79 Å². The molecule has 0 atom stereocenters. The van der Waals surface area contributed by atoms with Gasteiger partial charge in [-0.2, -0.15) is 0 Å². The summed E-state index contributed by atoms with van der Waals surface area (Å²) >= 11 is 0. The second-order valence-electron chi connectivity index (χ2n) is 3.32. The Morgan fingerprint density at radius 3 is 2.75 bits per heavy atom. The lowest BCUT2D eigenvalue weighted by Crippen LogP contribution is -2.13. The van der Waals surface area contributed by atoms with Gasteiger partial charge in [-0.25, -0.2) is 0 Å². The zero-order valence-corrected chi connectivity index (χ0v) is 8.51. The number of hydrogen-bond acceptors (Lipinski definition) is 3. The van der Waals surface area contributed by atoms with E-state index in [1.807, 2.05) is 0 Å². The number of anilines is 1. The first-order valence-corrected chi connectivity index (χ1v) is 4.86. The summed E-state index contributed by atoms with van der Waals surface area (Å²) < 4.78 is 5.05. The molecular weight excluding hydrogens is 206 g/mol. The fourth-order valence-corrected chi connectivity index (χ4v) is 1.35. The van der Waals surface area contributed by atoms with Crippen LogP contribution in [0, 0.1) is 0 Å². The fourth-order valence-electron chi connectivity index (χ4n) is 1.35. The van der Waals surface area contributed by atoms with Gasteiger partial charge < -0.3 is 14.8 Å². The van der Waals surface area contributed by atoms with Crippen LogP contribution in [0.2, 0.25) is 0 Å². The molecule has 1 heterocycles. The van der Waals surface area contributed by atoms with Gasteiger partial charge in [0.25, 0.3) is 0 Å². The van der Waals surface area contributed by atoms with Gasteiger partial charge in [-0.15, -0.1) is 0 Å². The first-order valence-electron chi connectivity index (χ1n) is 4.86. The molecule has 1 aromatic carbocycles. The number of amides is 1. The standard InChI is InChI=1S/C12H11NO3/c14-11-6-2-1-5-10(11)13-12(15)8-9-4-3-7-16-9/h1-7,14H,8H2,(H,13,15). The summed E-state index contributed by atoms with van der Waals surface area (Å²) in [5.74, 6) is 0.416. The third-order valence-electron chi connectivity index (χ3n) is 2.09. The normalized spacial score (nSPS) is 10.0. The zero-order valence-electron chi connectivity index (χ0n) is 8.51. The van der Waals surface area contributed by atoms with Crippen LogP contribution in [0.4, 0.5) is 5.69 Å². The summed E-state index contributed by atoms with van der Waals surface area (Å²) in [6.45, 7) is 0. The third kappa shape index (κ3) is 2.42. The molecule has 2 aromatic rings. The van der Waals surface area contributed by atoms with Crippen molar-refractivity contribution in [3.63, 3.8) is 0 Å². The highest BCUT2D eigenvalue weighted by atomic mass is 16.3. The molecule has 2 N–H and O–H groups in total. The molecule has 82 valence electrons. The highest BCUT2D eigenvalue weighted by Gasteiger charge is 2.07. The SMILES string of the molecule is O=C(Cc1ccco1)Nc1ccccc1O. The molecule has 0 aliphatic carbocycles. The molecule has 0 unspecified atom stereocenters. The van der Waals surface area contributed by atoms with E-state index in [1.54, 1.807) is 30.3 Å². The number of benzene rings is 1.